The lowest BCUT2D eigenvalue weighted by molar-refractivity contribution is -0.274. The number of benzene rings is 2. The van der Waals surface area contributed by atoms with Gasteiger partial charge in [0.2, 0.25) is 0 Å². The fourth-order valence-corrected chi connectivity index (χ4v) is 3.88. The number of halogens is 3. The summed E-state index contributed by atoms with van der Waals surface area (Å²) in [6, 6.07) is 17.6. The van der Waals surface area contributed by atoms with Crippen LogP contribution in [0.1, 0.15) is 6.42 Å². The average Bonchev–Trinajstić information content (AvgIpc) is 3.26. The van der Waals surface area contributed by atoms with Gasteiger partial charge in [0.15, 0.2) is 0 Å². The Balaban J connectivity index is 1.30. The maximum absolute atomic E-state index is 12.7. The number of rotatable bonds is 7. The lowest BCUT2D eigenvalue weighted by atomic mass is 10.1. The number of aromatic nitrogens is 1. The number of carbonyl (C=O) groups excluding carboxylic acids is 1. The van der Waals surface area contributed by atoms with Crippen molar-refractivity contribution in [1.29, 1.82) is 5.41 Å². The smallest absolute Gasteiger partial charge is 0.489 e. The Morgan fingerprint density at radius 1 is 1.00 bits per heavy atom. The molecule has 1 unspecified atom stereocenters. The molecule has 7 nitrogen and oxygen atoms in total. The van der Waals surface area contributed by atoms with Gasteiger partial charge in [0.05, 0.1) is 0 Å². The summed E-state index contributed by atoms with van der Waals surface area (Å²) in [6.45, 7) is 2.69. The van der Waals surface area contributed by atoms with Crippen LogP contribution in [0.15, 0.2) is 72.9 Å². The number of nitrogens with zero attached hydrogens (tertiary/aromatic N) is 2. The number of nitrogens with one attached hydrogen (secondary N) is 2. The molecule has 2 aromatic carbocycles. The van der Waals surface area contributed by atoms with Crippen LogP contribution in [0.25, 0.3) is 11.1 Å². The molecule has 1 amide bonds. The summed E-state index contributed by atoms with van der Waals surface area (Å²) in [5.74, 6) is 0.511. The van der Waals surface area contributed by atoms with Crippen molar-refractivity contribution in [3.05, 3.63) is 78.4 Å². The predicted octanol–water partition coefficient (Wildman–Crippen LogP) is 4.24. The maximum Gasteiger partial charge on any atom is 0.573 e. The second kappa shape index (κ2) is 10.6. The van der Waals surface area contributed by atoms with Crippen LogP contribution in [0.4, 0.5) is 18.0 Å². The van der Waals surface area contributed by atoms with Crippen molar-refractivity contribution in [2.45, 2.75) is 18.9 Å². The van der Waals surface area contributed by atoms with E-state index >= 15 is 0 Å². The molecular weight excluding hydrogens is 461 g/mol. The van der Waals surface area contributed by atoms with Gasteiger partial charge in [-0.15, -0.1) is 13.2 Å². The van der Waals surface area contributed by atoms with Gasteiger partial charge in [0.1, 0.15) is 23.1 Å². The first-order valence-electron chi connectivity index (χ1n) is 11.1. The number of pyridine rings is 1. The zero-order valence-corrected chi connectivity index (χ0v) is 18.8. The van der Waals surface area contributed by atoms with E-state index in [0.29, 0.717) is 24.2 Å². The molecule has 0 aliphatic carbocycles. The van der Waals surface area contributed by atoms with Crippen molar-refractivity contribution < 1.29 is 27.4 Å². The molecule has 35 heavy (non-hydrogen) atoms. The maximum atomic E-state index is 12.7. The van der Waals surface area contributed by atoms with Gasteiger partial charge in [-0.3, -0.25) is 14.9 Å². The summed E-state index contributed by atoms with van der Waals surface area (Å²) in [5, 5.41) is 10.9. The van der Waals surface area contributed by atoms with Crippen LogP contribution >= 0.6 is 0 Å². The predicted molar refractivity (Wildman–Crippen MR) is 123 cm³/mol. The number of hydrogen-bond donors (Lipinski definition) is 2. The Morgan fingerprint density at radius 2 is 1.71 bits per heavy atom. The lowest BCUT2D eigenvalue weighted by Crippen LogP contribution is -2.40. The van der Waals surface area contributed by atoms with Crippen LogP contribution in [0.3, 0.4) is 0 Å². The van der Waals surface area contributed by atoms with E-state index in [9.17, 15) is 18.0 Å². The molecule has 1 aliphatic heterocycles. The Bertz CT molecular complexity index is 1200. The van der Waals surface area contributed by atoms with Crippen molar-refractivity contribution in [3.63, 3.8) is 0 Å². The van der Waals surface area contributed by atoms with E-state index in [1.807, 2.05) is 30.3 Å². The van der Waals surface area contributed by atoms with Crippen molar-refractivity contribution in [2.75, 3.05) is 26.2 Å². The zero-order chi connectivity index (χ0) is 24.8. The second-order valence-electron chi connectivity index (χ2n) is 8.12. The molecule has 1 saturated heterocycles. The van der Waals surface area contributed by atoms with Gasteiger partial charge >= 0.3 is 12.4 Å². The van der Waals surface area contributed by atoms with Gasteiger partial charge in [-0.05, 0) is 53.9 Å². The zero-order valence-electron chi connectivity index (χ0n) is 18.8. The molecule has 0 saturated carbocycles. The molecule has 0 radical (unpaired) electrons. The monoisotopic (exact) mass is 486 g/mol. The SMILES string of the molecule is N=c1ccc(-c2ccc(OC(F)(F)F)cc2)cn1C(=O)NCCN1CCC(Oc2ccccc2)C1. The van der Waals surface area contributed by atoms with Crippen molar-refractivity contribution in [2.24, 2.45) is 0 Å². The summed E-state index contributed by atoms with van der Waals surface area (Å²) in [7, 11) is 0. The number of para-hydroxylation sites is 1. The highest BCUT2D eigenvalue weighted by atomic mass is 19.4. The van der Waals surface area contributed by atoms with Crippen LogP contribution in [-0.2, 0) is 0 Å². The van der Waals surface area contributed by atoms with E-state index in [2.05, 4.69) is 15.0 Å². The largest absolute Gasteiger partial charge is 0.573 e. The van der Waals surface area contributed by atoms with Crippen molar-refractivity contribution >= 4 is 6.03 Å². The Hall–Kier alpha value is -3.79. The molecule has 0 spiro atoms. The summed E-state index contributed by atoms with van der Waals surface area (Å²) in [5.41, 5.74) is 1.15. The number of alkyl halides is 3. The van der Waals surface area contributed by atoms with Gasteiger partial charge in [0, 0.05) is 32.4 Å². The number of carbonyl (C=O) groups is 1. The average molecular weight is 486 g/mol. The minimum absolute atomic E-state index is 0.0132. The molecule has 2 heterocycles. The Kier molecular flexibility index (Phi) is 7.40. The van der Waals surface area contributed by atoms with Crippen LogP contribution in [-0.4, -0.2) is 54.1 Å². The first-order valence-corrected chi connectivity index (χ1v) is 11.1. The third kappa shape index (κ3) is 6.86. The van der Waals surface area contributed by atoms with E-state index < -0.39 is 12.4 Å². The molecule has 1 aliphatic rings. The molecule has 3 aromatic rings. The summed E-state index contributed by atoms with van der Waals surface area (Å²) < 4.78 is 48.1. The molecule has 184 valence electrons. The third-order valence-corrected chi connectivity index (χ3v) is 5.57. The highest BCUT2D eigenvalue weighted by molar-refractivity contribution is 5.78. The topological polar surface area (TPSA) is 79.6 Å². The number of amides is 1. The Labute approximate surface area is 200 Å². The molecule has 1 fully saturated rings. The molecule has 10 heteroatoms. The molecule has 1 aromatic heterocycles. The van der Waals surface area contributed by atoms with Gasteiger partial charge < -0.3 is 14.8 Å². The van der Waals surface area contributed by atoms with Crippen molar-refractivity contribution in [3.8, 4) is 22.6 Å². The summed E-state index contributed by atoms with van der Waals surface area (Å²) in [4.78, 5) is 14.9. The first kappa shape index (κ1) is 24.3. The van der Waals surface area contributed by atoms with E-state index in [1.165, 1.54) is 41.1 Å². The van der Waals surface area contributed by atoms with E-state index in [1.54, 1.807) is 6.07 Å². The number of likely N-dealkylation sites (tertiary alicyclic amines) is 1. The standard InChI is InChI=1S/C25H25F3N4O3/c26-25(27,28)35-21-9-6-18(7-10-21)19-8-11-23(29)32(16-19)24(33)30-13-15-31-14-12-22(17-31)34-20-4-2-1-3-5-20/h1-11,16,22,29H,12-15,17H2,(H,30,33). The van der Waals surface area contributed by atoms with E-state index in [0.717, 1.165) is 25.3 Å². The van der Waals surface area contributed by atoms with Gasteiger partial charge in [-0.25, -0.2) is 4.79 Å². The van der Waals surface area contributed by atoms with Crippen LogP contribution in [0, 0.1) is 5.41 Å². The second-order valence-corrected chi connectivity index (χ2v) is 8.12. The fraction of sp³-hybridized carbons (Fsp3) is 0.280. The number of hydrogen-bond acceptors (Lipinski definition) is 5. The third-order valence-electron chi connectivity index (χ3n) is 5.57. The minimum Gasteiger partial charge on any atom is -0.489 e. The summed E-state index contributed by atoms with van der Waals surface area (Å²) >= 11 is 0. The molecule has 2 N–H and O–H groups in total. The molecule has 0 bridgehead atoms. The molecular formula is C25H25F3N4O3. The van der Waals surface area contributed by atoms with E-state index in [4.69, 9.17) is 10.1 Å². The van der Waals surface area contributed by atoms with E-state index in [-0.39, 0.29) is 17.3 Å². The first-order chi connectivity index (χ1) is 16.8. The fourth-order valence-electron chi connectivity index (χ4n) is 3.88. The van der Waals surface area contributed by atoms with Crippen molar-refractivity contribution in [1.82, 2.24) is 14.8 Å². The minimum atomic E-state index is -4.76. The molecule has 4 rings (SSSR count). The van der Waals surface area contributed by atoms with Gasteiger partial charge in [-0.2, -0.15) is 0 Å². The number of ether oxygens (including phenoxy) is 2. The van der Waals surface area contributed by atoms with Gasteiger partial charge in [-0.1, -0.05) is 30.3 Å². The highest BCUT2D eigenvalue weighted by Crippen LogP contribution is 2.26. The Morgan fingerprint density at radius 3 is 2.43 bits per heavy atom. The van der Waals surface area contributed by atoms with Gasteiger partial charge in [0.25, 0.3) is 0 Å². The molecule has 1 atom stereocenters. The van der Waals surface area contributed by atoms with Crippen LogP contribution < -0.4 is 20.3 Å². The quantitative estimate of drug-likeness (QED) is 0.524. The summed E-state index contributed by atoms with van der Waals surface area (Å²) in [6.07, 6.45) is -2.27. The lowest BCUT2D eigenvalue weighted by Gasteiger charge is -2.17. The normalized spacial score (nSPS) is 16.1. The van der Waals surface area contributed by atoms with Crippen LogP contribution in [0.5, 0.6) is 11.5 Å². The van der Waals surface area contributed by atoms with Crippen LogP contribution in [0.2, 0.25) is 0 Å². The highest BCUT2D eigenvalue weighted by Gasteiger charge is 2.31.